The average Bonchev–Trinajstić information content (AvgIpc) is 2.33. The third-order valence-corrected chi connectivity index (χ3v) is 3.67. The van der Waals surface area contributed by atoms with Gasteiger partial charge in [-0.2, -0.15) is 0 Å². The lowest BCUT2D eigenvalue weighted by Gasteiger charge is -2.23. The Morgan fingerprint density at radius 1 is 1.42 bits per heavy atom. The highest BCUT2D eigenvalue weighted by Crippen LogP contribution is 2.22. The summed E-state index contributed by atoms with van der Waals surface area (Å²) in [5, 5.41) is 0. The molecule has 0 radical (unpaired) electrons. The zero-order chi connectivity index (χ0) is 14.4. The number of nitrogens with two attached hydrogens (primary N) is 1. The van der Waals surface area contributed by atoms with Gasteiger partial charge in [0.25, 0.3) is 0 Å². The van der Waals surface area contributed by atoms with Gasteiger partial charge in [-0.25, -0.2) is 4.72 Å². The number of hydrogen-bond donors (Lipinski definition) is 2. The lowest BCUT2D eigenvalue weighted by Crippen LogP contribution is -2.30. The van der Waals surface area contributed by atoms with E-state index in [1.54, 1.807) is 0 Å². The number of hydrogen-bond acceptors (Lipinski definition) is 4. The van der Waals surface area contributed by atoms with Crippen LogP contribution in [0, 0.1) is 0 Å². The topological polar surface area (TPSA) is 81.4 Å². The number of anilines is 2. The lowest BCUT2D eigenvalue weighted by atomic mass is 10.0. The minimum atomic E-state index is -2.24. The van der Waals surface area contributed by atoms with Crippen LogP contribution in [-0.2, 0) is 17.7 Å². The van der Waals surface area contributed by atoms with E-state index in [1.807, 2.05) is 25.1 Å². The molecule has 0 aliphatic rings. The van der Waals surface area contributed by atoms with E-state index in [2.05, 4.69) is 23.5 Å². The van der Waals surface area contributed by atoms with Gasteiger partial charge in [0.15, 0.2) is 0 Å². The van der Waals surface area contributed by atoms with Crippen LogP contribution in [-0.4, -0.2) is 27.9 Å². The molecular formula is C13H22N3O2S-. The molecule has 0 amide bonds. The van der Waals surface area contributed by atoms with Crippen LogP contribution < -0.4 is 15.4 Å². The molecule has 2 atom stereocenters. The van der Waals surface area contributed by atoms with Crippen LogP contribution in [0.3, 0.4) is 0 Å². The monoisotopic (exact) mass is 284 g/mol. The molecule has 0 aliphatic heterocycles. The third kappa shape index (κ3) is 4.81. The van der Waals surface area contributed by atoms with E-state index in [1.165, 1.54) is 0 Å². The second-order valence-corrected chi connectivity index (χ2v) is 5.22. The highest BCUT2D eigenvalue weighted by molar-refractivity contribution is 7.77. The number of nitrogens with one attached hydrogen (secondary N) is 1. The quantitative estimate of drug-likeness (QED) is 0.586. The molecule has 3 N–H and O–H groups in total. The first-order chi connectivity index (χ1) is 8.97. The molecule has 2 unspecified atom stereocenters. The summed E-state index contributed by atoms with van der Waals surface area (Å²) >= 11 is -2.24. The minimum Gasteiger partial charge on any atom is -0.760 e. The van der Waals surface area contributed by atoms with Crippen LogP contribution in [0.5, 0.6) is 0 Å². The molecule has 0 aromatic heterocycles. The molecule has 1 aromatic carbocycles. The van der Waals surface area contributed by atoms with Crippen molar-refractivity contribution in [3.8, 4) is 0 Å². The van der Waals surface area contributed by atoms with E-state index in [4.69, 9.17) is 5.73 Å². The Bertz CT molecular complexity index is 436. The summed E-state index contributed by atoms with van der Waals surface area (Å²) in [7, 11) is 0. The van der Waals surface area contributed by atoms with Crippen LogP contribution in [0.25, 0.3) is 0 Å². The van der Waals surface area contributed by atoms with Crippen molar-refractivity contribution in [2.24, 2.45) is 0 Å². The fourth-order valence-corrected chi connectivity index (χ4v) is 2.50. The SMILES string of the molecule is CCN(CC)c1ccc(N)c(CC(C)NS(=O)[O-])c1. The summed E-state index contributed by atoms with van der Waals surface area (Å²) in [6.07, 6.45) is 0.578. The Kier molecular flexibility index (Phi) is 6.27. The number of nitrogens with zero attached hydrogens (tertiary/aromatic N) is 1. The summed E-state index contributed by atoms with van der Waals surface area (Å²) in [5.74, 6) is 0. The fraction of sp³-hybridized carbons (Fsp3) is 0.538. The molecule has 1 aromatic rings. The minimum absolute atomic E-state index is 0.174. The number of nitrogen functional groups attached to an aromatic ring is 1. The molecule has 1 rings (SSSR count). The Hall–Kier alpha value is -1.11. The van der Waals surface area contributed by atoms with Gasteiger partial charge < -0.3 is 15.2 Å². The van der Waals surface area contributed by atoms with Crippen LogP contribution in [0.4, 0.5) is 11.4 Å². The lowest BCUT2D eigenvalue weighted by molar-refractivity contribution is 0.508. The van der Waals surface area contributed by atoms with E-state index in [0.717, 1.165) is 24.3 Å². The molecule has 6 heteroatoms. The molecule has 5 nitrogen and oxygen atoms in total. The molecule has 108 valence electrons. The van der Waals surface area contributed by atoms with Crippen molar-refractivity contribution >= 4 is 22.6 Å². The second-order valence-electron chi connectivity index (χ2n) is 4.51. The second kappa shape index (κ2) is 7.47. The maximum Gasteiger partial charge on any atom is 0.0370 e. The van der Waals surface area contributed by atoms with Gasteiger partial charge in [-0.3, -0.25) is 4.21 Å². The number of rotatable bonds is 7. The van der Waals surface area contributed by atoms with Gasteiger partial charge in [-0.1, -0.05) is 0 Å². The molecule has 0 aliphatic carbocycles. The number of benzene rings is 1. The predicted molar refractivity (Wildman–Crippen MR) is 79.6 cm³/mol. The highest BCUT2D eigenvalue weighted by Gasteiger charge is 2.09. The highest BCUT2D eigenvalue weighted by atomic mass is 32.2. The van der Waals surface area contributed by atoms with Crippen molar-refractivity contribution in [3.63, 3.8) is 0 Å². The van der Waals surface area contributed by atoms with Gasteiger partial charge in [0.1, 0.15) is 0 Å². The standard InChI is InChI=1S/C13H23N3O2S/c1-4-16(5-2)12-6-7-13(14)11(9-12)8-10(3)15-19(17)18/h6-7,9-10,15H,4-5,8,14H2,1-3H3,(H,17,18)/p-1. The van der Waals surface area contributed by atoms with E-state index in [9.17, 15) is 8.76 Å². The Labute approximate surface area is 117 Å². The first kappa shape index (κ1) is 15.9. The Balaban J connectivity index is 2.87. The summed E-state index contributed by atoms with van der Waals surface area (Å²) < 4.78 is 23.6. The molecule has 0 heterocycles. The normalized spacial score (nSPS) is 14.1. The van der Waals surface area contributed by atoms with Crippen molar-refractivity contribution in [1.29, 1.82) is 0 Å². The smallest absolute Gasteiger partial charge is 0.0370 e. The van der Waals surface area contributed by atoms with Gasteiger partial charge in [0, 0.05) is 41.8 Å². The van der Waals surface area contributed by atoms with Gasteiger partial charge in [-0.05, 0) is 51.0 Å². The molecule has 0 saturated carbocycles. The van der Waals surface area contributed by atoms with Crippen LogP contribution in [0.1, 0.15) is 26.3 Å². The maximum atomic E-state index is 10.6. The van der Waals surface area contributed by atoms with Crippen molar-refractivity contribution < 1.29 is 8.76 Å². The van der Waals surface area contributed by atoms with Gasteiger partial charge in [0.05, 0.1) is 0 Å². The molecule has 19 heavy (non-hydrogen) atoms. The first-order valence-corrected chi connectivity index (χ1v) is 7.54. The molecule has 0 bridgehead atoms. The van der Waals surface area contributed by atoms with Crippen molar-refractivity contribution in [3.05, 3.63) is 23.8 Å². The van der Waals surface area contributed by atoms with Crippen molar-refractivity contribution in [2.45, 2.75) is 33.2 Å². The maximum absolute atomic E-state index is 10.6. The van der Waals surface area contributed by atoms with Crippen LogP contribution in [0.2, 0.25) is 0 Å². The molecular weight excluding hydrogens is 262 g/mol. The van der Waals surface area contributed by atoms with Crippen LogP contribution >= 0.6 is 0 Å². The van der Waals surface area contributed by atoms with Crippen molar-refractivity contribution in [2.75, 3.05) is 23.7 Å². The van der Waals surface area contributed by atoms with Gasteiger partial charge in [-0.15, -0.1) is 0 Å². The van der Waals surface area contributed by atoms with Gasteiger partial charge in [0.2, 0.25) is 0 Å². The van der Waals surface area contributed by atoms with E-state index >= 15 is 0 Å². The first-order valence-electron chi connectivity index (χ1n) is 6.46. The summed E-state index contributed by atoms with van der Waals surface area (Å²) in [6.45, 7) is 7.88. The largest absolute Gasteiger partial charge is 0.760 e. The molecule has 0 spiro atoms. The molecule has 0 saturated heterocycles. The van der Waals surface area contributed by atoms with E-state index in [0.29, 0.717) is 12.1 Å². The Morgan fingerprint density at radius 2 is 2.05 bits per heavy atom. The summed E-state index contributed by atoms with van der Waals surface area (Å²) in [5.41, 5.74) is 8.73. The zero-order valence-electron chi connectivity index (χ0n) is 11.7. The Morgan fingerprint density at radius 3 is 2.58 bits per heavy atom. The predicted octanol–water partition coefficient (Wildman–Crippen LogP) is 1.43. The summed E-state index contributed by atoms with van der Waals surface area (Å²) in [6, 6.07) is 5.74. The van der Waals surface area contributed by atoms with E-state index in [-0.39, 0.29) is 6.04 Å². The van der Waals surface area contributed by atoms with E-state index < -0.39 is 11.3 Å². The molecule has 0 fully saturated rings. The summed E-state index contributed by atoms with van der Waals surface area (Å²) in [4.78, 5) is 2.23. The third-order valence-electron chi connectivity index (χ3n) is 3.08. The zero-order valence-corrected chi connectivity index (χ0v) is 12.5. The van der Waals surface area contributed by atoms with Crippen molar-refractivity contribution in [1.82, 2.24) is 4.72 Å². The fourth-order valence-electron chi connectivity index (χ4n) is 2.09. The average molecular weight is 284 g/mol. The van der Waals surface area contributed by atoms with Gasteiger partial charge >= 0.3 is 0 Å². The van der Waals surface area contributed by atoms with Crippen LogP contribution in [0.15, 0.2) is 18.2 Å².